The summed E-state index contributed by atoms with van der Waals surface area (Å²) < 4.78 is 13.8. The minimum Gasteiger partial charge on any atom is -0.393 e. The Morgan fingerprint density at radius 3 is 2.80 bits per heavy atom. The molecular formula is C17H16ClFO. The molecule has 0 radical (unpaired) electrons. The van der Waals surface area contributed by atoms with Gasteiger partial charge in [0.1, 0.15) is 5.82 Å². The van der Waals surface area contributed by atoms with Crippen LogP contribution in [0.4, 0.5) is 4.39 Å². The van der Waals surface area contributed by atoms with Gasteiger partial charge >= 0.3 is 0 Å². The largest absolute Gasteiger partial charge is 0.393 e. The summed E-state index contributed by atoms with van der Waals surface area (Å²) in [7, 11) is 0. The van der Waals surface area contributed by atoms with E-state index in [0.29, 0.717) is 24.3 Å². The number of hydrogen-bond donors (Lipinski definition) is 1. The first-order valence-corrected chi connectivity index (χ1v) is 7.21. The summed E-state index contributed by atoms with van der Waals surface area (Å²) in [6.45, 7) is 0. The van der Waals surface area contributed by atoms with Crippen molar-refractivity contribution < 1.29 is 9.50 Å². The van der Waals surface area contributed by atoms with Crippen LogP contribution in [-0.2, 0) is 12.8 Å². The summed E-state index contributed by atoms with van der Waals surface area (Å²) in [6, 6.07) is 13.2. The minimum absolute atomic E-state index is 0.115. The van der Waals surface area contributed by atoms with E-state index in [1.165, 1.54) is 17.2 Å². The quantitative estimate of drug-likeness (QED) is 0.898. The van der Waals surface area contributed by atoms with Crippen molar-refractivity contribution >= 4 is 11.6 Å². The summed E-state index contributed by atoms with van der Waals surface area (Å²) in [5.74, 6) is -0.0225. The predicted octanol–water partition coefficient (Wildman–Crippen LogP) is 4.11. The normalized spacial score (nSPS) is 18.2. The van der Waals surface area contributed by atoms with Gasteiger partial charge in [0.25, 0.3) is 0 Å². The zero-order chi connectivity index (χ0) is 14.1. The van der Waals surface area contributed by atoms with E-state index in [9.17, 15) is 9.50 Å². The van der Waals surface area contributed by atoms with E-state index in [-0.39, 0.29) is 5.02 Å². The number of fused-ring (bicyclic) bond motifs is 1. The van der Waals surface area contributed by atoms with Crippen molar-refractivity contribution in [2.75, 3.05) is 0 Å². The standard InChI is InChI=1S/C17H16ClFO/c18-16-7-3-5-12(17(16)19)9-14(20)10-13-8-11-4-1-2-6-15(11)13/h1-7,13-14,20H,8-10H2. The topological polar surface area (TPSA) is 20.2 Å². The Balaban J connectivity index is 1.64. The smallest absolute Gasteiger partial charge is 0.145 e. The molecule has 0 aliphatic heterocycles. The highest BCUT2D eigenvalue weighted by atomic mass is 35.5. The van der Waals surface area contributed by atoms with Crippen molar-refractivity contribution in [2.45, 2.75) is 31.3 Å². The predicted molar refractivity (Wildman–Crippen MR) is 78.6 cm³/mol. The van der Waals surface area contributed by atoms with Crippen LogP contribution in [0, 0.1) is 5.82 Å². The molecule has 1 aliphatic carbocycles. The van der Waals surface area contributed by atoms with Gasteiger partial charge in [-0.1, -0.05) is 48.0 Å². The lowest BCUT2D eigenvalue weighted by molar-refractivity contribution is 0.150. The highest BCUT2D eigenvalue weighted by molar-refractivity contribution is 6.30. The second kappa shape index (κ2) is 5.55. The summed E-state index contributed by atoms with van der Waals surface area (Å²) in [5, 5.41) is 10.3. The van der Waals surface area contributed by atoms with Crippen molar-refractivity contribution in [2.24, 2.45) is 0 Å². The molecular weight excluding hydrogens is 275 g/mol. The molecule has 0 saturated heterocycles. The Bertz CT molecular complexity index is 626. The molecule has 2 aromatic rings. The van der Waals surface area contributed by atoms with Gasteiger partial charge in [-0.3, -0.25) is 0 Å². The van der Waals surface area contributed by atoms with Crippen LogP contribution in [0.5, 0.6) is 0 Å². The molecule has 1 aliphatic rings. The van der Waals surface area contributed by atoms with Gasteiger partial charge in [0.15, 0.2) is 0 Å². The second-order valence-electron chi connectivity index (χ2n) is 5.41. The number of rotatable bonds is 4. The zero-order valence-corrected chi connectivity index (χ0v) is 11.8. The molecule has 0 saturated carbocycles. The Hall–Kier alpha value is -1.38. The lowest BCUT2D eigenvalue weighted by Gasteiger charge is -2.31. The third-order valence-corrected chi connectivity index (χ3v) is 4.30. The van der Waals surface area contributed by atoms with Crippen LogP contribution < -0.4 is 0 Å². The van der Waals surface area contributed by atoms with Crippen LogP contribution in [0.2, 0.25) is 5.02 Å². The third-order valence-electron chi connectivity index (χ3n) is 4.00. The fraction of sp³-hybridized carbons (Fsp3) is 0.294. The van der Waals surface area contributed by atoms with Crippen molar-refractivity contribution in [3.8, 4) is 0 Å². The maximum absolute atomic E-state index is 13.8. The van der Waals surface area contributed by atoms with Crippen molar-refractivity contribution in [3.05, 3.63) is 70.0 Å². The summed E-state index contributed by atoms with van der Waals surface area (Å²) in [6.07, 6.45) is 1.44. The Morgan fingerprint density at radius 2 is 2.00 bits per heavy atom. The first kappa shape index (κ1) is 13.6. The van der Waals surface area contributed by atoms with E-state index < -0.39 is 11.9 Å². The molecule has 0 bridgehead atoms. The minimum atomic E-state index is -0.540. The monoisotopic (exact) mass is 290 g/mol. The van der Waals surface area contributed by atoms with Gasteiger partial charge < -0.3 is 5.11 Å². The molecule has 2 unspecified atom stereocenters. The average molecular weight is 291 g/mol. The average Bonchev–Trinajstić information content (AvgIpc) is 2.41. The van der Waals surface area contributed by atoms with Gasteiger partial charge in [-0.25, -0.2) is 4.39 Å². The number of aliphatic hydroxyl groups excluding tert-OH is 1. The Labute approximate surface area is 123 Å². The summed E-state index contributed by atoms with van der Waals surface area (Å²) in [4.78, 5) is 0. The first-order valence-electron chi connectivity index (χ1n) is 6.84. The number of aliphatic hydroxyl groups is 1. The summed E-state index contributed by atoms with van der Waals surface area (Å²) in [5.41, 5.74) is 3.16. The third kappa shape index (κ3) is 2.58. The summed E-state index contributed by atoms with van der Waals surface area (Å²) >= 11 is 5.75. The number of halogens is 2. The number of benzene rings is 2. The zero-order valence-electron chi connectivity index (χ0n) is 11.0. The van der Waals surface area contributed by atoms with Crippen molar-refractivity contribution in [3.63, 3.8) is 0 Å². The highest BCUT2D eigenvalue weighted by Gasteiger charge is 2.27. The maximum Gasteiger partial charge on any atom is 0.145 e. The molecule has 3 heteroatoms. The van der Waals surface area contributed by atoms with Gasteiger partial charge in [-0.15, -0.1) is 0 Å². The van der Waals surface area contributed by atoms with Crippen LogP contribution in [0.1, 0.15) is 29.0 Å². The van der Waals surface area contributed by atoms with Crippen LogP contribution in [0.3, 0.4) is 0 Å². The molecule has 0 fully saturated rings. The van der Waals surface area contributed by atoms with Crippen LogP contribution in [0.25, 0.3) is 0 Å². The van der Waals surface area contributed by atoms with Crippen LogP contribution in [0.15, 0.2) is 42.5 Å². The fourth-order valence-corrected chi connectivity index (χ4v) is 3.14. The Kier molecular flexibility index (Phi) is 3.77. The molecule has 2 atom stereocenters. The number of hydrogen-bond acceptors (Lipinski definition) is 1. The van der Waals surface area contributed by atoms with E-state index in [4.69, 9.17) is 11.6 Å². The van der Waals surface area contributed by atoms with Gasteiger partial charge in [0.05, 0.1) is 11.1 Å². The van der Waals surface area contributed by atoms with Gasteiger partial charge in [0.2, 0.25) is 0 Å². The van der Waals surface area contributed by atoms with E-state index >= 15 is 0 Å². The molecule has 0 spiro atoms. The van der Waals surface area contributed by atoms with Gasteiger partial charge in [-0.05, 0) is 41.5 Å². The molecule has 2 aromatic carbocycles. The van der Waals surface area contributed by atoms with Crippen molar-refractivity contribution in [1.82, 2.24) is 0 Å². The lowest BCUT2D eigenvalue weighted by Crippen LogP contribution is -2.23. The van der Waals surface area contributed by atoms with Crippen LogP contribution in [-0.4, -0.2) is 11.2 Å². The van der Waals surface area contributed by atoms with E-state index in [1.54, 1.807) is 12.1 Å². The van der Waals surface area contributed by atoms with Crippen LogP contribution >= 0.6 is 11.6 Å². The first-order chi connectivity index (χ1) is 9.65. The van der Waals surface area contributed by atoms with E-state index in [2.05, 4.69) is 12.1 Å². The fourth-order valence-electron chi connectivity index (χ4n) is 2.94. The molecule has 1 nitrogen and oxygen atoms in total. The van der Waals surface area contributed by atoms with Gasteiger partial charge in [-0.2, -0.15) is 0 Å². The molecule has 0 heterocycles. The maximum atomic E-state index is 13.8. The van der Waals surface area contributed by atoms with E-state index in [1.807, 2.05) is 12.1 Å². The molecule has 0 amide bonds. The molecule has 0 aromatic heterocycles. The molecule has 3 rings (SSSR count). The Morgan fingerprint density at radius 1 is 1.20 bits per heavy atom. The lowest BCUT2D eigenvalue weighted by atomic mass is 9.74. The molecule has 1 N–H and O–H groups in total. The molecule has 20 heavy (non-hydrogen) atoms. The molecule has 104 valence electrons. The SMILES string of the molecule is OC(Cc1cccc(Cl)c1F)CC1Cc2ccccc21. The second-order valence-corrected chi connectivity index (χ2v) is 5.81. The van der Waals surface area contributed by atoms with Crippen molar-refractivity contribution in [1.29, 1.82) is 0 Å². The highest BCUT2D eigenvalue weighted by Crippen LogP contribution is 2.38. The van der Waals surface area contributed by atoms with Gasteiger partial charge in [0, 0.05) is 6.42 Å². The van der Waals surface area contributed by atoms with E-state index in [0.717, 1.165) is 6.42 Å².